The average Bonchev–Trinajstić information content (AvgIpc) is 2.26. The van der Waals surface area contributed by atoms with Crippen LogP contribution < -0.4 is 11.1 Å². The number of anilines is 3. The molecule has 0 aliphatic heterocycles. The zero-order valence-corrected chi connectivity index (χ0v) is 10.7. The van der Waals surface area contributed by atoms with Crippen molar-refractivity contribution in [3.8, 4) is 0 Å². The van der Waals surface area contributed by atoms with E-state index in [0.29, 0.717) is 5.82 Å². The average molecular weight is 258 g/mol. The topological polar surface area (TPSA) is 94.1 Å². The van der Waals surface area contributed by atoms with Crippen LogP contribution in [0.1, 0.15) is 11.1 Å². The summed E-state index contributed by atoms with van der Waals surface area (Å²) in [7, 11) is 0. The summed E-state index contributed by atoms with van der Waals surface area (Å²) in [6.07, 6.45) is 0. The molecule has 0 saturated heterocycles. The third-order valence-corrected chi connectivity index (χ3v) is 2.59. The molecule has 3 N–H and O–H groups in total. The first-order valence-electron chi connectivity index (χ1n) is 5.72. The summed E-state index contributed by atoms with van der Waals surface area (Å²) in [6.45, 7) is 3.99. The van der Waals surface area contributed by atoms with Crippen molar-refractivity contribution in [1.82, 2.24) is 4.98 Å². The Morgan fingerprint density at radius 3 is 2.37 bits per heavy atom. The van der Waals surface area contributed by atoms with E-state index in [9.17, 15) is 10.1 Å². The number of nitrogens with two attached hydrogens (primary N) is 1. The van der Waals surface area contributed by atoms with Crippen LogP contribution in [0, 0.1) is 24.0 Å². The van der Waals surface area contributed by atoms with E-state index in [1.165, 1.54) is 12.1 Å². The van der Waals surface area contributed by atoms with Crippen molar-refractivity contribution in [3.63, 3.8) is 0 Å². The molecule has 0 saturated carbocycles. The van der Waals surface area contributed by atoms with Crippen molar-refractivity contribution in [1.29, 1.82) is 0 Å². The number of aryl methyl sites for hydroxylation is 2. The second-order valence-electron chi connectivity index (χ2n) is 4.36. The number of hydrogen-bond donors (Lipinski definition) is 2. The quantitative estimate of drug-likeness (QED) is 0.652. The van der Waals surface area contributed by atoms with E-state index >= 15 is 0 Å². The molecule has 1 heterocycles. The standard InChI is InChI=1S/C13H14N4O2/c1-8-5-9(2)7-10(6-8)15-12-4-3-11(17(18)19)13(14)16-12/h3-7H,1-2H3,(H3,14,15,16). The van der Waals surface area contributed by atoms with E-state index in [1.54, 1.807) is 0 Å². The molecule has 0 fully saturated rings. The molecule has 0 radical (unpaired) electrons. The number of nitro groups is 1. The molecule has 0 aliphatic carbocycles. The number of aromatic nitrogens is 1. The predicted octanol–water partition coefficient (Wildman–Crippen LogP) is 2.93. The molecule has 6 heteroatoms. The molecule has 0 aliphatic rings. The van der Waals surface area contributed by atoms with Gasteiger partial charge in [-0.25, -0.2) is 4.98 Å². The first-order chi connectivity index (χ1) is 8.95. The number of hydrogen-bond acceptors (Lipinski definition) is 5. The van der Waals surface area contributed by atoms with Crippen LogP contribution in [0.2, 0.25) is 0 Å². The van der Waals surface area contributed by atoms with Gasteiger partial charge in [0, 0.05) is 11.8 Å². The zero-order chi connectivity index (χ0) is 14.0. The molecule has 2 rings (SSSR count). The lowest BCUT2D eigenvalue weighted by atomic mass is 10.1. The minimum Gasteiger partial charge on any atom is -0.378 e. The van der Waals surface area contributed by atoms with Crippen molar-refractivity contribution in [2.75, 3.05) is 11.1 Å². The minimum atomic E-state index is -0.553. The summed E-state index contributed by atoms with van der Waals surface area (Å²) in [6, 6.07) is 8.86. The number of nitrogens with one attached hydrogen (secondary N) is 1. The van der Waals surface area contributed by atoms with E-state index in [-0.39, 0.29) is 11.5 Å². The zero-order valence-electron chi connectivity index (χ0n) is 10.7. The second-order valence-corrected chi connectivity index (χ2v) is 4.36. The highest BCUT2D eigenvalue weighted by molar-refractivity contribution is 5.63. The van der Waals surface area contributed by atoms with Crippen molar-refractivity contribution >= 4 is 23.0 Å². The summed E-state index contributed by atoms with van der Waals surface area (Å²) >= 11 is 0. The highest BCUT2D eigenvalue weighted by Gasteiger charge is 2.12. The first kappa shape index (κ1) is 12.8. The van der Waals surface area contributed by atoms with Crippen molar-refractivity contribution < 1.29 is 4.92 Å². The van der Waals surface area contributed by atoms with Gasteiger partial charge < -0.3 is 11.1 Å². The Bertz CT molecular complexity index is 620. The SMILES string of the molecule is Cc1cc(C)cc(Nc2ccc([N+](=O)[O-])c(N)n2)c1. The number of pyridine rings is 1. The molecule has 19 heavy (non-hydrogen) atoms. The van der Waals surface area contributed by atoms with Crippen LogP contribution in [0.3, 0.4) is 0 Å². The lowest BCUT2D eigenvalue weighted by Crippen LogP contribution is -2.01. The highest BCUT2D eigenvalue weighted by atomic mass is 16.6. The molecule has 1 aromatic heterocycles. The van der Waals surface area contributed by atoms with Gasteiger partial charge in [0.2, 0.25) is 5.82 Å². The summed E-state index contributed by atoms with van der Waals surface area (Å²) in [5.41, 5.74) is 8.47. The lowest BCUT2D eigenvalue weighted by molar-refractivity contribution is -0.384. The largest absolute Gasteiger partial charge is 0.378 e. The molecule has 2 aromatic rings. The molecular weight excluding hydrogens is 244 g/mol. The Kier molecular flexibility index (Phi) is 3.33. The van der Waals surface area contributed by atoms with E-state index in [2.05, 4.69) is 16.4 Å². The van der Waals surface area contributed by atoms with Gasteiger partial charge in [0.1, 0.15) is 5.82 Å². The number of nitrogens with zero attached hydrogens (tertiary/aromatic N) is 2. The van der Waals surface area contributed by atoms with Crippen LogP contribution in [-0.4, -0.2) is 9.91 Å². The van der Waals surface area contributed by atoms with Crippen LogP contribution in [0.5, 0.6) is 0 Å². The van der Waals surface area contributed by atoms with E-state index < -0.39 is 4.92 Å². The van der Waals surface area contributed by atoms with Crippen molar-refractivity contribution in [3.05, 3.63) is 51.6 Å². The summed E-state index contributed by atoms with van der Waals surface area (Å²) < 4.78 is 0. The number of rotatable bonds is 3. The van der Waals surface area contributed by atoms with Gasteiger partial charge in [0.05, 0.1) is 4.92 Å². The Morgan fingerprint density at radius 1 is 1.21 bits per heavy atom. The number of nitrogen functional groups attached to an aromatic ring is 1. The van der Waals surface area contributed by atoms with E-state index in [4.69, 9.17) is 5.73 Å². The van der Waals surface area contributed by atoms with Gasteiger partial charge in [0.25, 0.3) is 0 Å². The third-order valence-electron chi connectivity index (χ3n) is 2.59. The molecular formula is C13H14N4O2. The third kappa shape index (κ3) is 2.98. The lowest BCUT2D eigenvalue weighted by Gasteiger charge is -2.08. The number of benzene rings is 1. The summed E-state index contributed by atoms with van der Waals surface area (Å²) in [5, 5.41) is 13.7. The Hall–Kier alpha value is -2.63. The maximum atomic E-state index is 10.6. The smallest absolute Gasteiger partial charge is 0.311 e. The maximum Gasteiger partial charge on any atom is 0.311 e. The maximum absolute atomic E-state index is 10.6. The monoisotopic (exact) mass is 258 g/mol. The van der Waals surface area contributed by atoms with Crippen LogP contribution in [-0.2, 0) is 0 Å². The summed E-state index contributed by atoms with van der Waals surface area (Å²) in [4.78, 5) is 14.1. The van der Waals surface area contributed by atoms with Gasteiger partial charge in [-0.1, -0.05) is 6.07 Å². The Morgan fingerprint density at radius 2 is 1.84 bits per heavy atom. The minimum absolute atomic E-state index is 0.0978. The highest BCUT2D eigenvalue weighted by Crippen LogP contribution is 2.23. The molecule has 6 nitrogen and oxygen atoms in total. The van der Waals surface area contributed by atoms with Crippen LogP contribution in [0.15, 0.2) is 30.3 Å². The van der Waals surface area contributed by atoms with Gasteiger partial charge in [-0.15, -0.1) is 0 Å². The predicted molar refractivity (Wildman–Crippen MR) is 74.5 cm³/mol. The van der Waals surface area contributed by atoms with E-state index in [0.717, 1.165) is 16.8 Å². The Labute approximate surface area is 110 Å². The molecule has 1 aromatic carbocycles. The van der Waals surface area contributed by atoms with Gasteiger partial charge in [0.15, 0.2) is 0 Å². The molecule has 0 unspecified atom stereocenters. The summed E-state index contributed by atoms with van der Waals surface area (Å²) in [5.74, 6) is 0.382. The normalized spacial score (nSPS) is 10.2. The molecule has 98 valence electrons. The van der Waals surface area contributed by atoms with Gasteiger partial charge in [-0.3, -0.25) is 10.1 Å². The Balaban J connectivity index is 2.28. The van der Waals surface area contributed by atoms with Crippen LogP contribution >= 0.6 is 0 Å². The fourth-order valence-electron chi connectivity index (χ4n) is 1.89. The fourth-order valence-corrected chi connectivity index (χ4v) is 1.89. The molecule has 0 atom stereocenters. The van der Waals surface area contributed by atoms with Crippen molar-refractivity contribution in [2.24, 2.45) is 0 Å². The van der Waals surface area contributed by atoms with E-state index in [1.807, 2.05) is 26.0 Å². The fraction of sp³-hybridized carbons (Fsp3) is 0.154. The second kappa shape index (κ2) is 4.93. The van der Waals surface area contributed by atoms with Crippen molar-refractivity contribution in [2.45, 2.75) is 13.8 Å². The van der Waals surface area contributed by atoms with Gasteiger partial charge in [-0.05, 0) is 43.2 Å². The van der Waals surface area contributed by atoms with Crippen LogP contribution in [0.4, 0.5) is 23.0 Å². The van der Waals surface area contributed by atoms with Crippen LogP contribution in [0.25, 0.3) is 0 Å². The molecule has 0 spiro atoms. The molecule has 0 amide bonds. The van der Waals surface area contributed by atoms with Gasteiger partial charge in [-0.2, -0.15) is 0 Å². The first-order valence-corrected chi connectivity index (χ1v) is 5.72. The molecule has 0 bridgehead atoms. The van der Waals surface area contributed by atoms with Gasteiger partial charge >= 0.3 is 5.69 Å².